The predicted molar refractivity (Wildman–Crippen MR) is 84.6 cm³/mol. The van der Waals surface area contributed by atoms with Gasteiger partial charge in [0.2, 0.25) is 0 Å². The van der Waals surface area contributed by atoms with Crippen molar-refractivity contribution in [2.45, 2.75) is 58.5 Å². The maximum Gasteiger partial charge on any atom is 0.0607 e. The normalized spacial score (nSPS) is 19.4. The molecule has 2 N–H and O–H groups in total. The molecule has 1 aliphatic rings. The maximum absolute atomic E-state index is 6.28. The molecule has 0 fully saturated rings. The third kappa shape index (κ3) is 4.03. The summed E-state index contributed by atoms with van der Waals surface area (Å²) in [5.74, 6) is 0.645. The highest BCUT2D eigenvalue weighted by Gasteiger charge is 2.30. The van der Waals surface area contributed by atoms with Crippen LogP contribution >= 0.6 is 0 Å². The van der Waals surface area contributed by atoms with Gasteiger partial charge in [0.25, 0.3) is 0 Å². The van der Waals surface area contributed by atoms with Crippen molar-refractivity contribution >= 4 is 0 Å². The predicted octanol–water partition coefficient (Wildman–Crippen LogP) is 3.15. The number of hydrogen-bond acceptors (Lipinski definition) is 3. The number of nitrogens with two attached hydrogens (primary N) is 1. The molecule has 2 rings (SSSR count). The Morgan fingerprint density at radius 2 is 2.20 bits per heavy atom. The van der Waals surface area contributed by atoms with Crippen LogP contribution in [0.1, 0.15) is 57.8 Å². The van der Waals surface area contributed by atoms with E-state index in [0.717, 1.165) is 13.1 Å². The standard InChI is InChI=1S/C17H29N3/c1-13(2)11-20(12-17(3,4)18)15-9-5-7-14-8-6-10-19-16(14)15/h6,8,10,13,15H,5,7,9,11-12,18H2,1-4H3. The maximum atomic E-state index is 6.28. The van der Waals surface area contributed by atoms with Gasteiger partial charge in [-0.1, -0.05) is 19.9 Å². The van der Waals surface area contributed by atoms with Crippen LogP contribution in [-0.2, 0) is 6.42 Å². The average Bonchev–Trinajstić information content (AvgIpc) is 2.35. The lowest BCUT2D eigenvalue weighted by Crippen LogP contribution is -2.48. The summed E-state index contributed by atoms with van der Waals surface area (Å²) in [6, 6.07) is 4.72. The highest BCUT2D eigenvalue weighted by atomic mass is 15.2. The first-order chi connectivity index (χ1) is 9.37. The van der Waals surface area contributed by atoms with Gasteiger partial charge >= 0.3 is 0 Å². The molecule has 0 bridgehead atoms. The van der Waals surface area contributed by atoms with Gasteiger partial charge in [-0.15, -0.1) is 0 Å². The second-order valence-corrected chi connectivity index (χ2v) is 7.27. The third-order valence-electron chi connectivity index (χ3n) is 3.82. The fraction of sp³-hybridized carbons (Fsp3) is 0.706. The Labute approximate surface area is 123 Å². The largest absolute Gasteiger partial charge is 0.324 e. The zero-order chi connectivity index (χ0) is 14.8. The van der Waals surface area contributed by atoms with Gasteiger partial charge in [-0.3, -0.25) is 9.88 Å². The second kappa shape index (κ2) is 6.23. The van der Waals surface area contributed by atoms with Gasteiger partial charge in [0.05, 0.1) is 11.7 Å². The molecule has 0 aliphatic heterocycles. The van der Waals surface area contributed by atoms with E-state index in [2.05, 4.69) is 49.7 Å². The molecule has 1 aliphatic carbocycles. The number of rotatable bonds is 5. The molecule has 0 amide bonds. The van der Waals surface area contributed by atoms with Crippen molar-refractivity contribution in [1.29, 1.82) is 0 Å². The van der Waals surface area contributed by atoms with Crippen molar-refractivity contribution in [2.75, 3.05) is 13.1 Å². The quantitative estimate of drug-likeness (QED) is 0.897. The molecule has 0 spiro atoms. The molecule has 1 aromatic heterocycles. The van der Waals surface area contributed by atoms with Crippen molar-refractivity contribution < 1.29 is 0 Å². The van der Waals surface area contributed by atoms with E-state index in [-0.39, 0.29) is 5.54 Å². The molecule has 0 saturated carbocycles. The van der Waals surface area contributed by atoms with Gasteiger partial charge in [-0.05, 0) is 50.7 Å². The minimum Gasteiger partial charge on any atom is -0.324 e. The van der Waals surface area contributed by atoms with Crippen LogP contribution in [-0.4, -0.2) is 28.5 Å². The van der Waals surface area contributed by atoms with Gasteiger partial charge in [-0.25, -0.2) is 0 Å². The summed E-state index contributed by atoms with van der Waals surface area (Å²) in [6.45, 7) is 10.8. The Bertz CT molecular complexity index is 434. The van der Waals surface area contributed by atoms with Crippen LogP contribution in [0.5, 0.6) is 0 Å². The molecule has 0 saturated heterocycles. The topological polar surface area (TPSA) is 42.1 Å². The van der Waals surface area contributed by atoms with Crippen LogP contribution in [0.25, 0.3) is 0 Å². The minimum atomic E-state index is -0.165. The van der Waals surface area contributed by atoms with E-state index in [1.807, 2.05) is 6.20 Å². The average molecular weight is 275 g/mol. The van der Waals surface area contributed by atoms with E-state index in [1.54, 1.807) is 0 Å². The number of pyridine rings is 1. The molecular weight excluding hydrogens is 246 g/mol. The summed E-state index contributed by atoms with van der Waals surface area (Å²) in [7, 11) is 0. The second-order valence-electron chi connectivity index (χ2n) is 7.27. The molecule has 0 radical (unpaired) electrons. The lowest BCUT2D eigenvalue weighted by atomic mass is 9.89. The highest BCUT2D eigenvalue weighted by Crippen LogP contribution is 2.33. The Kier molecular flexibility index (Phi) is 4.82. The molecule has 1 atom stereocenters. The van der Waals surface area contributed by atoms with E-state index in [0.29, 0.717) is 12.0 Å². The molecule has 3 nitrogen and oxygen atoms in total. The van der Waals surface area contributed by atoms with Crippen LogP contribution in [0.15, 0.2) is 18.3 Å². The number of aryl methyl sites for hydroxylation is 1. The number of fused-ring (bicyclic) bond motifs is 1. The summed E-state index contributed by atoms with van der Waals surface area (Å²) in [5.41, 5.74) is 8.82. The molecule has 112 valence electrons. The first-order valence-electron chi connectivity index (χ1n) is 7.83. The van der Waals surface area contributed by atoms with Crippen LogP contribution in [0.2, 0.25) is 0 Å². The van der Waals surface area contributed by atoms with Gasteiger partial charge in [-0.2, -0.15) is 0 Å². The van der Waals surface area contributed by atoms with Crippen molar-refractivity contribution in [2.24, 2.45) is 11.7 Å². The zero-order valence-corrected chi connectivity index (χ0v) is 13.4. The lowest BCUT2D eigenvalue weighted by Gasteiger charge is -2.39. The summed E-state index contributed by atoms with van der Waals surface area (Å²) < 4.78 is 0. The van der Waals surface area contributed by atoms with Gasteiger partial charge in [0, 0.05) is 24.8 Å². The molecule has 3 heteroatoms. The molecule has 0 aromatic carbocycles. The summed E-state index contributed by atoms with van der Waals surface area (Å²) >= 11 is 0. The molecule has 1 heterocycles. The molecule has 1 aromatic rings. The monoisotopic (exact) mass is 275 g/mol. The summed E-state index contributed by atoms with van der Waals surface area (Å²) in [4.78, 5) is 7.23. The summed E-state index contributed by atoms with van der Waals surface area (Å²) in [6.07, 6.45) is 5.55. The number of nitrogens with zero attached hydrogens (tertiary/aromatic N) is 2. The lowest BCUT2D eigenvalue weighted by molar-refractivity contribution is 0.129. The van der Waals surface area contributed by atoms with Crippen LogP contribution in [0.4, 0.5) is 0 Å². The van der Waals surface area contributed by atoms with E-state index in [9.17, 15) is 0 Å². The Morgan fingerprint density at radius 1 is 1.45 bits per heavy atom. The first-order valence-corrected chi connectivity index (χ1v) is 7.83. The van der Waals surface area contributed by atoms with E-state index < -0.39 is 0 Å². The highest BCUT2D eigenvalue weighted by molar-refractivity contribution is 5.25. The smallest absolute Gasteiger partial charge is 0.0607 e. The molecule has 20 heavy (non-hydrogen) atoms. The Morgan fingerprint density at radius 3 is 2.85 bits per heavy atom. The van der Waals surface area contributed by atoms with E-state index in [4.69, 9.17) is 5.73 Å². The fourth-order valence-electron chi connectivity index (χ4n) is 3.23. The van der Waals surface area contributed by atoms with E-state index in [1.165, 1.54) is 30.5 Å². The number of hydrogen-bond donors (Lipinski definition) is 1. The van der Waals surface area contributed by atoms with Gasteiger partial charge < -0.3 is 5.73 Å². The Balaban J connectivity index is 2.25. The minimum absolute atomic E-state index is 0.165. The summed E-state index contributed by atoms with van der Waals surface area (Å²) in [5, 5.41) is 0. The van der Waals surface area contributed by atoms with Crippen LogP contribution in [0.3, 0.4) is 0 Å². The third-order valence-corrected chi connectivity index (χ3v) is 3.82. The zero-order valence-electron chi connectivity index (χ0n) is 13.4. The Hall–Kier alpha value is -0.930. The molecule has 1 unspecified atom stereocenters. The fourth-order valence-corrected chi connectivity index (χ4v) is 3.23. The van der Waals surface area contributed by atoms with Gasteiger partial charge in [0.1, 0.15) is 0 Å². The van der Waals surface area contributed by atoms with Crippen LogP contribution in [0, 0.1) is 5.92 Å². The number of aromatic nitrogens is 1. The first kappa shape index (κ1) is 15.5. The SMILES string of the molecule is CC(C)CN(CC(C)(C)N)C1CCCc2cccnc21. The van der Waals surface area contributed by atoms with Gasteiger partial charge in [0.15, 0.2) is 0 Å². The molecular formula is C17H29N3. The van der Waals surface area contributed by atoms with Crippen LogP contribution < -0.4 is 5.73 Å². The van der Waals surface area contributed by atoms with Crippen molar-refractivity contribution in [3.63, 3.8) is 0 Å². The van der Waals surface area contributed by atoms with E-state index >= 15 is 0 Å². The van der Waals surface area contributed by atoms with Crippen molar-refractivity contribution in [1.82, 2.24) is 9.88 Å². The van der Waals surface area contributed by atoms with Crippen molar-refractivity contribution in [3.05, 3.63) is 29.6 Å². The van der Waals surface area contributed by atoms with Crippen molar-refractivity contribution in [3.8, 4) is 0 Å².